The number of nitrogens with zero attached hydrogens (tertiary/aromatic N) is 1. The predicted molar refractivity (Wildman–Crippen MR) is 112 cm³/mol. The van der Waals surface area contributed by atoms with E-state index >= 15 is 0 Å². The van der Waals surface area contributed by atoms with E-state index in [0.717, 1.165) is 27.7 Å². The van der Waals surface area contributed by atoms with E-state index in [2.05, 4.69) is 11.4 Å². The first-order valence-electron chi connectivity index (χ1n) is 9.38. The third kappa shape index (κ3) is 4.03. The van der Waals surface area contributed by atoms with Crippen molar-refractivity contribution in [1.29, 1.82) is 5.26 Å². The highest BCUT2D eigenvalue weighted by Crippen LogP contribution is 2.39. The van der Waals surface area contributed by atoms with Gasteiger partial charge in [-0.2, -0.15) is 5.26 Å². The van der Waals surface area contributed by atoms with Crippen LogP contribution < -0.4 is 19.5 Å². The highest BCUT2D eigenvalue weighted by Gasteiger charge is 2.21. The van der Waals surface area contributed by atoms with E-state index < -0.39 is 6.04 Å². The van der Waals surface area contributed by atoms with Gasteiger partial charge in [0.25, 0.3) is 0 Å². The summed E-state index contributed by atoms with van der Waals surface area (Å²) >= 11 is 0. The number of benzene rings is 2. The number of nitriles is 1. The van der Waals surface area contributed by atoms with Crippen molar-refractivity contribution in [2.45, 2.75) is 26.3 Å². The third-order valence-electron chi connectivity index (χ3n) is 5.08. The number of fused-ring (bicyclic) bond motifs is 1. The van der Waals surface area contributed by atoms with E-state index in [9.17, 15) is 10.1 Å². The number of methoxy groups -OCH3 is 3. The smallest absolute Gasteiger partial charge is 0.225 e. The molecule has 7 heteroatoms. The van der Waals surface area contributed by atoms with Gasteiger partial charge in [0.15, 0.2) is 11.5 Å². The topological polar surface area (TPSA) is 93.7 Å². The fourth-order valence-corrected chi connectivity index (χ4v) is 3.32. The van der Waals surface area contributed by atoms with Gasteiger partial charge < -0.3 is 23.9 Å². The van der Waals surface area contributed by atoms with Crippen LogP contribution >= 0.6 is 0 Å². The Hall–Kier alpha value is -3.66. The van der Waals surface area contributed by atoms with Crippen LogP contribution in [0.15, 0.2) is 34.9 Å². The average molecular weight is 408 g/mol. The Labute approximate surface area is 175 Å². The third-order valence-corrected chi connectivity index (χ3v) is 5.08. The van der Waals surface area contributed by atoms with E-state index in [-0.39, 0.29) is 12.3 Å². The van der Waals surface area contributed by atoms with Crippen LogP contribution in [0, 0.1) is 25.2 Å². The number of carbonyl (C=O) groups excluding carboxylic acids is 1. The lowest BCUT2D eigenvalue weighted by atomic mass is 10.0. The summed E-state index contributed by atoms with van der Waals surface area (Å²) in [6.45, 7) is 4.03. The molecule has 1 aromatic heterocycles. The Morgan fingerprint density at radius 2 is 1.70 bits per heavy atom. The molecule has 3 aromatic rings. The van der Waals surface area contributed by atoms with Gasteiger partial charge in [-0.3, -0.25) is 4.79 Å². The van der Waals surface area contributed by atoms with Gasteiger partial charge in [0, 0.05) is 10.9 Å². The quantitative estimate of drug-likeness (QED) is 0.635. The molecule has 1 amide bonds. The van der Waals surface area contributed by atoms with Crippen LogP contribution in [0.3, 0.4) is 0 Å². The number of nitrogens with one attached hydrogen (secondary N) is 1. The van der Waals surface area contributed by atoms with Gasteiger partial charge in [0.1, 0.15) is 11.6 Å². The molecule has 1 atom stereocenters. The van der Waals surface area contributed by atoms with Gasteiger partial charge in [-0.25, -0.2) is 0 Å². The lowest BCUT2D eigenvalue weighted by Gasteiger charge is -2.17. The number of rotatable bonds is 7. The van der Waals surface area contributed by atoms with E-state index in [0.29, 0.717) is 22.8 Å². The van der Waals surface area contributed by atoms with Gasteiger partial charge >= 0.3 is 0 Å². The maximum absolute atomic E-state index is 12.7. The number of amides is 1. The fraction of sp³-hybridized carbons (Fsp3) is 0.304. The second-order valence-electron chi connectivity index (χ2n) is 6.96. The maximum Gasteiger partial charge on any atom is 0.225 e. The SMILES string of the molecule is COc1cc(C(C#N)NC(=O)Cc2coc3cc(C)c(C)cc23)cc(OC)c1OC. The fourth-order valence-electron chi connectivity index (χ4n) is 3.32. The summed E-state index contributed by atoms with van der Waals surface area (Å²) in [5.41, 5.74) is 4.29. The number of ether oxygens (including phenoxy) is 3. The van der Waals surface area contributed by atoms with Gasteiger partial charge in [0.05, 0.1) is 40.1 Å². The summed E-state index contributed by atoms with van der Waals surface area (Å²) < 4.78 is 21.6. The summed E-state index contributed by atoms with van der Waals surface area (Å²) in [5, 5.41) is 13.3. The van der Waals surface area contributed by atoms with Gasteiger partial charge in [0.2, 0.25) is 11.7 Å². The number of hydrogen-bond donors (Lipinski definition) is 1. The van der Waals surface area contributed by atoms with E-state index in [1.807, 2.05) is 26.0 Å². The van der Waals surface area contributed by atoms with Crippen molar-refractivity contribution >= 4 is 16.9 Å². The standard InChI is InChI=1S/C23H24N2O5/c1-13-6-17-16(12-30-19(17)7-14(13)2)10-22(26)25-18(11-24)15-8-20(27-3)23(29-5)21(9-15)28-4/h6-9,12,18H,10H2,1-5H3,(H,25,26). The Morgan fingerprint density at radius 3 is 2.27 bits per heavy atom. The highest BCUT2D eigenvalue weighted by molar-refractivity contribution is 5.88. The predicted octanol–water partition coefficient (Wildman–Crippen LogP) is 4.00. The molecule has 0 aliphatic carbocycles. The second kappa shape index (κ2) is 8.78. The molecule has 7 nitrogen and oxygen atoms in total. The van der Waals surface area contributed by atoms with Crippen LogP contribution in [0.4, 0.5) is 0 Å². The van der Waals surface area contributed by atoms with Crippen LogP contribution in [-0.4, -0.2) is 27.2 Å². The molecule has 0 spiro atoms. The first-order chi connectivity index (χ1) is 14.4. The minimum absolute atomic E-state index is 0.0953. The summed E-state index contributed by atoms with van der Waals surface area (Å²) in [6, 6.07) is 8.50. The van der Waals surface area contributed by atoms with E-state index in [1.54, 1.807) is 18.4 Å². The molecular weight excluding hydrogens is 384 g/mol. The minimum Gasteiger partial charge on any atom is -0.493 e. The first-order valence-corrected chi connectivity index (χ1v) is 9.38. The van der Waals surface area contributed by atoms with Crippen molar-refractivity contribution in [3.8, 4) is 23.3 Å². The first kappa shape index (κ1) is 21.1. The molecule has 0 aliphatic rings. The monoisotopic (exact) mass is 408 g/mol. The number of aryl methyl sites for hydroxylation is 2. The zero-order valence-corrected chi connectivity index (χ0v) is 17.7. The largest absolute Gasteiger partial charge is 0.493 e. The zero-order valence-electron chi connectivity index (χ0n) is 17.7. The van der Waals surface area contributed by atoms with E-state index in [4.69, 9.17) is 18.6 Å². The van der Waals surface area contributed by atoms with Crippen LogP contribution in [0.5, 0.6) is 17.2 Å². The number of carbonyl (C=O) groups is 1. The molecule has 0 radical (unpaired) electrons. The van der Waals surface area contributed by atoms with Crippen LogP contribution in [0.1, 0.15) is 28.3 Å². The van der Waals surface area contributed by atoms with Gasteiger partial charge in [-0.05, 0) is 54.8 Å². The molecular formula is C23H24N2O5. The molecule has 1 heterocycles. The molecule has 0 saturated carbocycles. The second-order valence-corrected chi connectivity index (χ2v) is 6.96. The van der Waals surface area contributed by atoms with Gasteiger partial charge in [-0.15, -0.1) is 0 Å². The lowest BCUT2D eigenvalue weighted by Crippen LogP contribution is -2.29. The van der Waals surface area contributed by atoms with Crippen LogP contribution in [0.2, 0.25) is 0 Å². The van der Waals surface area contributed by atoms with Crippen LogP contribution in [-0.2, 0) is 11.2 Å². The summed E-state index contributed by atoms with van der Waals surface area (Å²) in [4.78, 5) is 12.7. The minimum atomic E-state index is -0.881. The Bertz CT molecular complexity index is 1100. The van der Waals surface area contributed by atoms with Crippen molar-refractivity contribution in [2.24, 2.45) is 0 Å². The summed E-state index contributed by atoms with van der Waals surface area (Å²) in [6.07, 6.45) is 1.68. The van der Waals surface area contributed by atoms with Crippen molar-refractivity contribution < 1.29 is 23.4 Å². The number of hydrogen-bond acceptors (Lipinski definition) is 6. The summed E-state index contributed by atoms with van der Waals surface area (Å²) in [7, 11) is 4.49. The molecule has 0 fully saturated rings. The highest BCUT2D eigenvalue weighted by atomic mass is 16.5. The molecule has 3 rings (SSSR count). The molecule has 0 bridgehead atoms. The Morgan fingerprint density at radius 1 is 1.07 bits per heavy atom. The molecule has 0 saturated heterocycles. The zero-order chi connectivity index (χ0) is 21.8. The van der Waals surface area contributed by atoms with Crippen molar-refractivity contribution in [3.63, 3.8) is 0 Å². The van der Waals surface area contributed by atoms with Crippen molar-refractivity contribution in [2.75, 3.05) is 21.3 Å². The normalized spacial score (nSPS) is 11.6. The Balaban J connectivity index is 1.84. The van der Waals surface area contributed by atoms with Crippen molar-refractivity contribution in [1.82, 2.24) is 5.32 Å². The van der Waals surface area contributed by atoms with E-state index in [1.165, 1.54) is 21.3 Å². The molecule has 156 valence electrons. The van der Waals surface area contributed by atoms with Crippen molar-refractivity contribution in [3.05, 3.63) is 52.8 Å². The lowest BCUT2D eigenvalue weighted by molar-refractivity contribution is -0.120. The molecule has 0 aliphatic heterocycles. The molecule has 1 N–H and O–H groups in total. The maximum atomic E-state index is 12.7. The average Bonchev–Trinajstić information content (AvgIpc) is 3.12. The summed E-state index contributed by atoms with van der Waals surface area (Å²) in [5.74, 6) is 0.944. The molecule has 1 unspecified atom stereocenters. The number of furan rings is 1. The molecule has 30 heavy (non-hydrogen) atoms. The van der Waals surface area contributed by atoms with Gasteiger partial charge in [-0.1, -0.05) is 0 Å². The van der Waals surface area contributed by atoms with Crippen LogP contribution in [0.25, 0.3) is 11.0 Å². The Kier molecular flexibility index (Phi) is 6.17. The molecule has 2 aromatic carbocycles.